The summed E-state index contributed by atoms with van der Waals surface area (Å²) in [5.74, 6) is 1.57. The Kier molecular flexibility index (Phi) is 6.42. The van der Waals surface area contributed by atoms with Gasteiger partial charge in [0.15, 0.2) is 11.5 Å². The molecule has 5 aromatic rings. The molecule has 1 saturated heterocycles. The molecule has 0 aliphatic carbocycles. The summed E-state index contributed by atoms with van der Waals surface area (Å²) in [5.41, 5.74) is 1.68. The molecule has 2 aliphatic heterocycles. The van der Waals surface area contributed by atoms with Crippen molar-refractivity contribution in [2.75, 3.05) is 33.0 Å². The zero-order valence-corrected chi connectivity index (χ0v) is 22.6. The van der Waals surface area contributed by atoms with Gasteiger partial charge in [0.1, 0.15) is 16.9 Å². The molecule has 2 aromatic heterocycles. The number of benzene rings is 3. The highest BCUT2D eigenvalue weighted by Crippen LogP contribution is 2.35. The number of aromatic hydroxyl groups is 1. The maximum absolute atomic E-state index is 13.0. The molecule has 0 bridgehead atoms. The lowest BCUT2D eigenvalue weighted by Crippen LogP contribution is -2.45. The fourth-order valence-corrected chi connectivity index (χ4v) is 5.74. The van der Waals surface area contributed by atoms with Crippen molar-refractivity contribution in [2.24, 2.45) is 0 Å². The summed E-state index contributed by atoms with van der Waals surface area (Å²) >= 11 is 6.15. The van der Waals surface area contributed by atoms with E-state index in [1.165, 1.54) is 6.07 Å². The first-order valence-corrected chi connectivity index (χ1v) is 13.6. The molecule has 10 heteroatoms. The number of fused-ring (bicyclic) bond motifs is 3. The lowest BCUT2D eigenvalue weighted by Gasteiger charge is -2.34. The normalized spacial score (nSPS) is 15.6. The van der Waals surface area contributed by atoms with Crippen LogP contribution >= 0.6 is 11.6 Å². The van der Waals surface area contributed by atoms with Crippen LogP contribution in [0.4, 0.5) is 0 Å². The topological polar surface area (TPSA) is 106 Å². The number of hydrogen-bond acceptors (Lipinski definition) is 9. The third-order valence-corrected chi connectivity index (χ3v) is 7.90. The van der Waals surface area contributed by atoms with E-state index in [4.69, 9.17) is 29.9 Å². The van der Waals surface area contributed by atoms with Gasteiger partial charge in [0.2, 0.25) is 6.79 Å². The first kappa shape index (κ1) is 25.6. The lowest BCUT2D eigenvalue weighted by atomic mass is 9.99. The van der Waals surface area contributed by atoms with Crippen LogP contribution in [0, 0.1) is 0 Å². The van der Waals surface area contributed by atoms with Crippen LogP contribution in [-0.4, -0.2) is 47.9 Å². The van der Waals surface area contributed by atoms with Crippen LogP contribution in [0.25, 0.3) is 33.1 Å². The van der Waals surface area contributed by atoms with Gasteiger partial charge in [-0.25, -0.2) is 9.59 Å². The Morgan fingerprint density at radius 2 is 1.56 bits per heavy atom. The molecule has 0 radical (unpaired) electrons. The monoisotopic (exact) mass is 572 g/mol. The van der Waals surface area contributed by atoms with Gasteiger partial charge in [-0.2, -0.15) is 0 Å². The van der Waals surface area contributed by atoms with E-state index in [2.05, 4.69) is 15.9 Å². The molecule has 4 heterocycles. The third-order valence-electron chi connectivity index (χ3n) is 7.66. The Bertz CT molecular complexity index is 1920. The van der Waals surface area contributed by atoms with Crippen molar-refractivity contribution >= 4 is 33.5 Å². The van der Waals surface area contributed by atoms with Crippen LogP contribution in [0.3, 0.4) is 0 Å². The van der Waals surface area contributed by atoms with E-state index in [0.717, 1.165) is 49.8 Å². The highest BCUT2D eigenvalue weighted by atomic mass is 35.5. The van der Waals surface area contributed by atoms with Gasteiger partial charge >= 0.3 is 11.3 Å². The zero-order valence-electron chi connectivity index (χ0n) is 21.9. The van der Waals surface area contributed by atoms with Crippen molar-refractivity contribution in [3.8, 4) is 28.4 Å². The second-order valence-electron chi connectivity index (χ2n) is 10.3. The molecule has 2 aliphatic rings. The molecule has 0 saturated carbocycles. The van der Waals surface area contributed by atoms with Gasteiger partial charge in [0.05, 0.1) is 11.1 Å². The fraction of sp³-hybridized carbons (Fsp3) is 0.226. The minimum atomic E-state index is -0.626. The van der Waals surface area contributed by atoms with E-state index >= 15 is 0 Å². The van der Waals surface area contributed by atoms with E-state index in [1.54, 1.807) is 36.4 Å². The summed E-state index contributed by atoms with van der Waals surface area (Å²) in [7, 11) is 0. The summed E-state index contributed by atoms with van der Waals surface area (Å²) in [5, 5.41) is 12.5. The lowest BCUT2D eigenvalue weighted by molar-refractivity contribution is 0.121. The van der Waals surface area contributed by atoms with Crippen molar-refractivity contribution < 1.29 is 23.4 Å². The van der Waals surface area contributed by atoms with Crippen molar-refractivity contribution in [1.82, 2.24) is 9.80 Å². The number of piperazine rings is 1. The molecule has 0 atom stereocenters. The maximum Gasteiger partial charge on any atom is 0.344 e. The van der Waals surface area contributed by atoms with E-state index in [1.807, 2.05) is 12.1 Å². The van der Waals surface area contributed by atoms with Gasteiger partial charge in [0, 0.05) is 66.7 Å². The second-order valence-corrected chi connectivity index (χ2v) is 10.7. The quantitative estimate of drug-likeness (QED) is 0.292. The van der Waals surface area contributed by atoms with Gasteiger partial charge < -0.3 is 23.4 Å². The number of nitrogens with zero attached hydrogens (tertiary/aromatic N) is 2. The predicted octanol–water partition coefficient (Wildman–Crippen LogP) is 4.97. The largest absolute Gasteiger partial charge is 0.507 e. The Morgan fingerprint density at radius 1 is 0.780 bits per heavy atom. The summed E-state index contributed by atoms with van der Waals surface area (Å²) in [6.07, 6.45) is 0. The zero-order chi connectivity index (χ0) is 28.1. The SMILES string of the molecule is O=c1cc(-c2cc3cc(Cl)ccc3oc2=O)c2ccc(O)c(CN3CCN(Cc4ccc5c(c4)OCO5)CC3)c2o1. The average Bonchev–Trinajstić information content (AvgIpc) is 3.43. The third kappa shape index (κ3) is 4.93. The van der Waals surface area contributed by atoms with Crippen LogP contribution in [-0.2, 0) is 13.1 Å². The van der Waals surface area contributed by atoms with Crippen LogP contribution < -0.4 is 20.7 Å². The Morgan fingerprint density at radius 3 is 2.39 bits per heavy atom. The van der Waals surface area contributed by atoms with E-state index in [9.17, 15) is 14.7 Å². The van der Waals surface area contributed by atoms with Crippen molar-refractivity contribution in [1.29, 1.82) is 0 Å². The Labute approximate surface area is 238 Å². The minimum Gasteiger partial charge on any atom is -0.507 e. The number of hydrogen-bond donors (Lipinski definition) is 1. The van der Waals surface area contributed by atoms with Crippen LogP contribution in [0.2, 0.25) is 5.02 Å². The summed E-state index contributed by atoms with van der Waals surface area (Å²) in [6.45, 7) is 4.62. The molecular formula is C31H25ClN2O7. The van der Waals surface area contributed by atoms with Crippen LogP contribution in [0.15, 0.2) is 79.1 Å². The summed E-state index contributed by atoms with van der Waals surface area (Å²) in [6, 6.07) is 17.1. The van der Waals surface area contributed by atoms with Crippen LogP contribution in [0.1, 0.15) is 11.1 Å². The molecule has 0 spiro atoms. The number of phenols is 1. The smallest absolute Gasteiger partial charge is 0.344 e. The molecule has 1 fully saturated rings. The standard InChI is InChI=1S/C31H25ClN2O7/c32-20-2-6-26-19(12-20)13-23(31(37)40-26)22-14-29(36)41-30-21(22)3-4-25(35)24(30)16-34-9-7-33(8-10-34)15-18-1-5-27-28(11-18)39-17-38-27/h1-6,11-14,35H,7-10,15-17H2. The Balaban J connectivity index is 1.15. The molecule has 41 heavy (non-hydrogen) atoms. The number of halogens is 1. The highest BCUT2D eigenvalue weighted by Gasteiger charge is 2.23. The van der Waals surface area contributed by atoms with E-state index < -0.39 is 11.3 Å². The van der Waals surface area contributed by atoms with Gasteiger partial charge in [-0.1, -0.05) is 17.7 Å². The maximum atomic E-state index is 13.0. The predicted molar refractivity (Wildman–Crippen MR) is 154 cm³/mol. The minimum absolute atomic E-state index is 0.0258. The highest BCUT2D eigenvalue weighted by molar-refractivity contribution is 6.31. The van der Waals surface area contributed by atoms with E-state index in [0.29, 0.717) is 39.0 Å². The van der Waals surface area contributed by atoms with Crippen molar-refractivity contribution in [2.45, 2.75) is 13.1 Å². The second kappa shape index (κ2) is 10.3. The molecule has 3 aromatic carbocycles. The number of ether oxygens (including phenoxy) is 2. The summed E-state index contributed by atoms with van der Waals surface area (Å²) < 4.78 is 22.1. The van der Waals surface area contributed by atoms with Gasteiger partial charge in [-0.05, 0) is 54.1 Å². The van der Waals surface area contributed by atoms with Crippen molar-refractivity contribution in [3.63, 3.8) is 0 Å². The number of rotatable bonds is 5. The molecule has 0 unspecified atom stereocenters. The first-order valence-electron chi connectivity index (χ1n) is 13.3. The van der Waals surface area contributed by atoms with Crippen LogP contribution in [0.5, 0.6) is 17.2 Å². The molecule has 0 amide bonds. The first-order chi connectivity index (χ1) is 19.9. The summed E-state index contributed by atoms with van der Waals surface area (Å²) in [4.78, 5) is 30.2. The van der Waals surface area contributed by atoms with Gasteiger partial charge in [-0.15, -0.1) is 0 Å². The molecule has 7 rings (SSSR count). The molecule has 208 valence electrons. The Hall–Kier alpha value is -4.31. The van der Waals surface area contributed by atoms with Gasteiger partial charge in [-0.3, -0.25) is 9.80 Å². The van der Waals surface area contributed by atoms with Gasteiger partial charge in [0.25, 0.3) is 0 Å². The molecular weight excluding hydrogens is 548 g/mol. The van der Waals surface area contributed by atoms with E-state index in [-0.39, 0.29) is 23.7 Å². The average molecular weight is 573 g/mol. The van der Waals surface area contributed by atoms with Crippen molar-refractivity contribution in [3.05, 3.63) is 97.7 Å². The fourth-order valence-electron chi connectivity index (χ4n) is 5.56. The molecule has 1 N–H and O–H groups in total. The molecule has 9 nitrogen and oxygen atoms in total. The number of phenolic OH excluding ortho intramolecular Hbond substituents is 1.